The van der Waals surface area contributed by atoms with Crippen LogP contribution in [-0.4, -0.2) is 18.7 Å². The Balaban J connectivity index is 2.79. The molecular formula is C12H19FN2O. The van der Waals surface area contributed by atoms with Crippen molar-refractivity contribution in [2.45, 2.75) is 25.8 Å². The van der Waals surface area contributed by atoms with E-state index in [-0.39, 0.29) is 11.7 Å². The van der Waals surface area contributed by atoms with E-state index < -0.39 is 5.54 Å². The van der Waals surface area contributed by atoms with Crippen molar-refractivity contribution >= 4 is 0 Å². The summed E-state index contributed by atoms with van der Waals surface area (Å²) in [5.41, 5.74) is 6.37. The van der Waals surface area contributed by atoms with Gasteiger partial charge in [0, 0.05) is 13.7 Å². The lowest BCUT2D eigenvalue weighted by Crippen LogP contribution is -2.41. The standard InChI is InChI=1S/C12H19FN2O/c1-9(6-7-16-3)12(2,14)11-5-4-10(13)8-15-11/h4-5,8-9H,6-7,14H2,1-3H3. The zero-order valence-electron chi connectivity index (χ0n) is 10.0. The number of pyridine rings is 1. The summed E-state index contributed by atoms with van der Waals surface area (Å²) in [6.07, 6.45) is 2.05. The van der Waals surface area contributed by atoms with Crippen molar-refractivity contribution in [2.75, 3.05) is 13.7 Å². The largest absolute Gasteiger partial charge is 0.385 e. The molecule has 0 amide bonds. The number of methoxy groups -OCH3 is 1. The number of nitrogens with two attached hydrogens (primary N) is 1. The maximum Gasteiger partial charge on any atom is 0.141 e. The lowest BCUT2D eigenvalue weighted by Gasteiger charge is -2.31. The monoisotopic (exact) mass is 226 g/mol. The maximum absolute atomic E-state index is 12.8. The van der Waals surface area contributed by atoms with Crippen LogP contribution in [0.25, 0.3) is 0 Å². The van der Waals surface area contributed by atoms with E-state index in [1.54, 1.807) is 13.2 Å². The summed E-state index contributed by atoms with van der Waals surface area (Å²) in [5.74, 6) is -0.130. The van der Waals surface area contributed by atoms with Crippen LogP contribution in [0.3, 0.4) is 0 Å². The molecule has 2 atom stereocenters. The first-order chi connectivity index (χ1) is 7.48. The van der Waals surface area contributed by atoms with Crippen molar-refractivity contribution in [1.82, 2.24) is 4.98 Å². The van der Waals surface area contributed by atoms with E-state index in [1.165, 1.54) is 12.3 Å². The average molecular weight is 226 g/mol. The van der Waals surface area contributed by atoms with Crippen LogP contribution >= 0.6 is 0 Å². The van der Waals surface area contributed by atoms with Crippen molar-refractivity contribution < 1.29 is 9.13 Å². The Labute approximate surface area is 95.8 Å². The highest BCUT2D eigenvalue weighted by Gasteiger charge is 2.29. The second-order valence-corrected chi connectivity index (χ2v) is 4.33. The Kier molecular flexibility index (Phi) is 4.38. The highest BCUT2D eigenvalue weighted by molar-refractivity contribution is 5.15. The summed E-state index contributed by atoms with van der Waals surface area (Å²) in [7, 11) is 1.66. The Morgan fingerprint density at radius 1 is 1.56 bits per heavy atom. The summed E-state index contributed by atoms with van der Waals surface area (Å²) < 4.78 is 17.8. The molecule has 0 radical (unpaired) electrons. The summed E-state index contributed by atoms with van der Waals surface area (Å²) in [4.78, 5) is 4.04. The molecular weight excluding hydrogens is 207 g/mol. The van der Waals surface area contributed by atoms with Crippen molar-refractivity contribution in [3.05, 3.63) is 29.8 Å². The lowest BCUT2D eigenvalue weighted by molar-refractivity contribution is 0.158. The van der Waals surface area contributed by atoms with Gasteiger partial charge < -0.3 is 10.5 Å². The van der Waals surface area contributed by atoms with Crippen molar-refractivity contribution in [2.24, 2.45) is 11.7 Å². The minimum atomic E-state index is -0.563. The van der Waals surface area contributed by atoms with Crippen LogP contribution in [-0.2, 0) is 10.3 Å². The van der Waals surface area contributed by atoms with Gasteiger partial charge in [-0.2, -0.15) is 0 Å². The molecule has 1 aromatic heterocycles. The summed E-state index contributed by atoms with van der Waals surface area (Å²) >= 11 is 0. The van der Waals surface area contributed by atoms with Gasteiger partial charge >= 0.3 is 0 Å². The van der Waals surface area contributed by atoms with Gasteiger partial charge in [-0.1, -0.05) is 6.92 Å². The van der Waals surface area contributed by atoms with E-state index >= 15 is 0 Å². The number of ether oxygens (including phenoxy) is 1. The molecule has 0 aromatic carbocycles. The van der Waals surface area contributed by atoms with Crippen molar-refractivity contribution in [3.63, 3.8) is 0 Å². The topological polar surface area (TPSA) is 48.1 Å². The third kappa shape index (κ3) is 3.00. The smallest absolute Gasteiger partial charge is 0.141 e. The quantitative estimate of drug-likeness (QED) is 0.836. The molecule has 3 nitrogen and oxygen atoms in total. The molecule has 2 N–H and O–H groups in total. The maximum atomic E-state index is 12.8. The number of hydrogen-bond donors (Lipinski definition) is 1. The van der Waals surface area contributed by atoms with Crippen LogP contribution in [0, 0.1) is 11.7 Å². The van der Waals surface area contributed by atoms with Crippen LogP contribution < -0.4 is 5.73 Å². The predicted octanol–water partition coefficient (Wildman–Crippen LogP) is 2.07. The summed E-state index contributed by atoms with van der Waals surface area (Å²) in [6.45, 7) is 4.62. The second kappa shape index (κ2) is 5.37. The third-order valence-corrected chi connectivity index (χ3v) is 3.06. The molecule has 1 rings (SSSR count). The Morgan fingerprint density at radius 3 is 2.75 bits per heavy atom. The molecule has 0 spiro atoms. The molecule has 0 bridgehead atoms. The fourth-order valence-corrected chi connectivity index (χ4v) is 1.54. The average Bonchev–Trinajstić information content (AvgIpc) is 2.26. The zero-order chi connectivity index (χ0) is 12.2. The van der Waals surface area contributed by atoms with Crippen molar-refractivity contribution in [3.8, 4) is 0 Å². The van der Waals surface area contributed by atoms with Crippen LogP contribution in [0.1, 0.15) is 26.0 Å². The van der Waals surface area contributed by atoms with Gasteiger partial charge in [-0.3, -0.25) is 4.98 Å². The minimum Gasteiger partial charge on any atom is -0.385 e. The first-order valence-electron chi connectivity index (χ1n) is 5.38. The SMILES string of the molecule is COCCC(C)C(C)(N)c1ccc(F)cn1. The molecule has 90 valence electrons. The molecule has 0 aliphatic carbocycles. The van der Waals surface area contributed by atoms with Gasteiger partial charge in [0.25, 0.3) is 0 Å². The van der Waals surface area contributed by atoms with E-state index in [4.69, 9.17) is 10.5 Å². The highest BCUT2D eigenvalue weighted by atomic mass is 19.1. The number of aromatic nitrogens is 1. The van der Waals surface area contributed by atoms with Gasteiger partial charge in [-0.25, -0.2) is 4.39 Å². The lowest BCUT2D eigenvalue weighted by atomic mass is 9.83. The molecule has 1 heterocycles. The van der Waals surface area contributed by atoms with Gasteiger partial charge in [-0.15, -0.1) is 0 Å². The van der Waals surface area contributed by atoms with Crippen LogP contribution in [0.2, 0.25) is 0 Å². The predicted molar refractivity (Wildman–Crippen MR) is 61.4 cm³/mol. The molecule has 0 aliphatic heterocycles. The third-order valence-electron chi connectivity index (χ3n) is 3.06. The first-order valence-corrected chi connectivity index (χ1v) is 5.38. The Morgan fingerprint density at radius 2 is 2.25 bits per heavy atom. The van der Waals surface area contributed by atoms with E-state index in [9.17, 15) is 4.39 Å². The summed E-state index contributed by atoms with van der Waals surface area (Å²) in [5, 5.41) is 0. The molecule has 4 heteroatoms. The van der Waals surface area contributed by atoms with E-state index in [2.05, 4.69) is 4.98 Å². The first kappa shape index (κ1) is 13.1. The summed E-state index contributed by atoms with van der Waals surface area (Å²) in [6, 6.07) is 3.02. The van der Waals surface area contributed by atoms with Crippen LogP contribution in [0.4, 0.5) is 4.39 Å². The fraction of sp³-hybridized carbons (Fsp3) is 0.583. The van der Waals surface area contributed by atoms with E-state index in [1.807, 2.05) is 13.8 Å². The molecule has 1 aromatic rings. The van der Waals surface area contributed by atoms with Gasteiger partial charge in [0.05, 0.1) is 17.4 Å². The minimum absolute atomic E-state index is 0.213. The van der Waals surface area contributed by atoms with E-state index in [0.29, 0.717) is 12.3 Å². The van der Waals surface area contributed by atoms with Crippen molar-refractivity contribution in [1.29, 1.82) is 0 Å². The Hall–Kier alpha value is -1.00. The van der Waals surface area contributed by atoms with Crippen LogP contribution in [0.5, 0.6) is 0 Å². The number of nitrogens with zero attached hydrogens (tertiary/aromatic N) is 1. The van der Waals surface area contributed by atoms with Crippen LogP contribution in [0.15, 0.2) is 18.3 Å². The molecule has 0 fully saturated rings. The number of rotatable bonds is 5. The van der Waals surface area contributed by atoms with E-state index in [0.717, 1.165) is 6.42 Å². The molecule has 0 saturated carbocycles. The number of halogens is 1. The van der Waals surface area contributed by atoms with Gasteiger partial charge in [0.2, 0.25) is 0 Å². The number of hydrogen-bond acceptors (Lipinski definition) is 3. The fourth-order valence-electron chi connectivity index (χ4n) is 1.54. The molecule has 0 saturated heterocycles. The molecule has 0 aliphatic rings. The normalized spacial score (nSPS) is 16.8. The molecule has 16 heavy (non-hydrogen) atoms. The second-order valence-electron chi connectivity index (χ2n) is 4.33. The van der Waals surface area contributed by atoms with Gasteiger partial charge in [0.1, 0.15) is 5.82 Å². The molecule has 2 unspecified atom stereocenters. The van der Waals surface area contributed by atoms with Gasteiger partial charge in [0.15, 0.2) is 0 Å². The zero-order valence-corrected chi connectivity index (χ0v) is 10.0. The Bertz CT molecular complexity index is 324. The highest BCUT2D eigenvalue weighted by Crippen LogP contribution is 2.27. The van der Waals surface area contributed by atoms with Gasteiger partial charge in [-0.05, 0) is 31.4 Å².